The lowest BCUT2D eigenvalue weighted by Crippen LogP contribution is -2.15. The van der Waals surface area contributed by atoms with Gasteiger partial charge in [-0.1, -0.05) is 11.8 Å². The molecule has 2 aromatic rings. The van der Waals surface area contributed by atoms with Crippen molar-refractivity contribution in [2.45, 2.75) is 11.8 Å². The maximum atomic E-state index is 13.2. The SMILES string of the molecule is CSc1nc(-c2ccc(F)cc2OC(F)F)c(C#N)c(=O)[nH]1. The van der Waals surface area contributed by atoms with E-state index in [1.807, 2.05) is 0 Å². The van der Waals surface area contributed by atoms with E-state index in [2.05, 4.69) is 14.7 Å². The van der Waals surface area contributed by atoms with Crippen molar-refractivity contribution >= 4 is 11.8 Å². The van der Waals surface area contributed by atoms with Crippen molar-refractivity contribution in [2.75, 3.05) is 6.26 Å². The highest BCUT2D eigenvalue weighted by atomic mass is 32.2. The van der Waals surface area contributed by atoms with Crippen LogP contribution in [0.1, 0.15) is 5.56 Å². The number of nitrogens with zero attached hydrogens (tertiary/aromatic N) is 2. The molecule has 5 nitrogen and oxygen atoms in total. The Kier molecular flexibility index (Phi) is 4.72. The van der Waals surface area contributed by atoms with E-state index in [9.17, 15) is 18.0 Å². The van der Waals surface area contributed by atoms with E-state index < -0.39 is 23.7 Å². The fourth-order valence-corrected chi connectivity index (χ4v) is 2.11. The second kappa shape index (κ2) is 6.53. The van der Waals surface area contributed by atoms with Gasteiger partial charge in [-0.15, -0.1) is 0 Å². The Balaban J connectivity index is 2.73. The minimum atomic E-state index is -3.19. The molecule has 0 saturated carbocycles. The number of ether oxygens (including phenoxy) is 1. The van der Waals surface area contributed by atoms with Gasteiger partial charge in [-0.2, -0.15) is 14.0 Å². The topological polar surface area (TPSA) is 78.8 Å². The van der Waals surface area contributed by atoms with Crippen LogP contribution in [0, 0.1) is 17.1 Å². The maximum absolute atomic E-state index is 13.2. The molecule has 0 atom stereocenters. The second-order valence-electron chi connectivity index (χ2n) is 3.93. The number of hydrogen-bond acceptors (Lipinski definition) is 5. The average molecular weight is 327 g/mol. The first kappa shape index (κ1) is 15.9. The summed E-state index contributed by atoms with van der Waals surface area (Å²) in [4.78, 5) is 18.2. The minimum Gasteiger partial charge on any atom is -0.434 e. The van der Waals surface area contributed by atoms with E-state index in [0.717, 1.165) is 30.0 Å². The Morgan fingerprint density at radius 2 is 2.18 bits per heavy atom. The van der Waals surface area contributed by atoms with Gasteiger partial charge in [0.1, 0.15) is 28.9 Å². The molecule has 0 bridgehead atoms. The molecule has 2 rings (SSSR count). The van der Waals surface area contributed by atoms with Gasteiger partial charge >= 0.3 is 6.61 Å². The van der Waals surface area contributed by atoms with Gasteiger partial charge < -0.3 is 9.72 Å². The molecule has 22 heavy (non-hydrogen) atoms. The number of benzene rings is 1. The van der Waals surface area contributed by atoms with E-state index in [1.54, 1.807) is 12.3 Å². The lowest BCUT2D eigenvalue weighted by molar-refractivity contribution is -0.0496. The molecule has 0 aliphatic heterocycles. The molecule has 0 saturated heterocycles. The van der Waals surface area contributed by atoms with Crippen molar-refractivity contribution in [3.05, 3.63) is 39.9 Å². The van der Waals surface area contributed by atoms with Crippen LogP contribution < -0.4 is 10.3 Å². The summed E-state index contributed by atoms with van der Waals surface area (Å²) in [5, 5.41) is 9.26. The van der Waals surface area contributed by atoms with Crippen LogP contribution in [-0.2, 0) is 0 Å². The molecule has 0 fully saturated rings. The number of nitriles is 1. The average Bonchev–Trinajstić information content (AvgIpc) is 2.46. The highest BCUT2D eigenvalue weighted by molar-refractivity contribution is 7.98. The van der Waals surface area contributed by atoms with Crippen LogP contribution in [0.15, 0.2) is 28.2 Å². The third kappa shape index (κ3) is 3.23. The van der Waals surface area contributed by atoms with Crippen LogP contribution in [0.5, 0.6) is 5.75 Å². The van der Waals surface area contributed by atoms with Gasteiger partial charge in [-0.25, -0.2) is 9.37 Å². The van der Waals surface area contributed by atoms with E-state index >= 15 is 0 Å². The van der Waals surface area contributed by atoms with Crippen LogP contribution in [0.25, 0.3) is 11.3 Å². The van der Waals surface area contributed by atoms with E-state index in [1.165, 1.54) is 0 Å². The van der Waals surface area contributed by atoms with Crippen molar-refractivity contribution in [3.63, 3.8) is 0 Å². The molecule has 0 unspecified atom stereocenters. The number of nitrogens with one attached hydrogen (secondary N) is 1. The molecule has 0 radical (unpaired) electrons. The van der Waals surface area contributed by atoms with Crippen molar-refractivity contribution in [1.29, 1.82) is 5.26 Å². The number of rotatable bonds is 4. The zero-order valence-corrected chi connectivity index (χ0v) is 11.9. The van der Waals surface area contributed by atoms with E-state index in [-0.39, 0.29) is 22.0 Å². The zero-order chi connectivity index (χ0) is 16.3. The first-order chi connectivity index (χ1) is 10.5. The Hall–Kier alpha value is -2.47. The Bertz CT molecular complexity index is 802. The summed E-state index contributed by atoms with van der Waals surface area (Å²) in [6.07, 6.45) is 1.63. The van der Waals surface area contributed by atoms with Crippen molar-refractivity contribution in [3.8, 4) is 23.1 Å². The molecule has 1 aromatic carbocycles. The van der Waals surface area contributed by atoms with Crippen molar-refractivity contribution < 1.29 is 17.9 Å². The van der Waals surface area contributed by atoms with E-state index in [0.29, 0.717) is 0 Å². The monoisotopic (exact) mass is 327 g/mol. The Labute approximate surface area is 126 Å². The summed E-state index contributed by atoms with van der Waals surface area (Å²) in [6, 6.07) is 4.52. The molecule has 0 spiro atoms. The summed E-state index contributed by atoms with van der Waals surface area (Å²) in [5.41, 5.74) is -1.31. The third-order valence-corrected chi connectivity index (χ3v) is 3.20. The van der Waals surface area contributed by atoms with Gasteiger partial charge in [0.2, 0.25) is 0 Å². The van der Waals surface area contributed by atoms with Gasteiger partial charge in [0, 0.05) is 11.6 Å². The quantitative estimate of drug-likeness (QED) is 0.690. The molecule has 1 heterocycles. The molecule has 9 heteroatoms. The summed E-state index contributed by atoms with van der Waals surface area (Å²) < 4.78 is 42.4. The Morgan fingerprint density at radius 1 is 1.45 bits per heavy atom. The standard InChI is InChI=1S/C13H8F3N3O2S/c1-22-13-18-10(8(5-17)11(20)19-13)7-3-2-6(14)4-9(7)21-12(15)16/h2-4,12H,1H3,(H,18,19,20). The highest BCUT2D eigenvalue weighted by Crippen LogP contribution is 2.32. The van der Waals surface area contributed by atoms with Crippen LogP contribution in [0.3, 0.4) is 0 Å². The smallest absolute Gasteiger partial charge is 0.387 e. The predicted octanol–water partition coefficient (Wildman–Crippen LogP) is 2.77. The number of alkyl halides is 2. The summed E-state index contributed by atoms with van der Waals surface area (Å²) >= 11 is 1.09. The van der Waals surface area contributed by atoms with Crippen molar-refractivity contribution in [1.82, 2.24) is 9.97 Å². The number of hydrogen-bond donors (Lipinski definition) is 1. The summed E-state index contributed by atoms with van der Waals surface area (Å²) in [7, 11) is 0. The lowest BCUT2D eigenvalue weighted by Gasteiger charge is -2.11. The van der Waals surface area contributed by atoms with Gasteiger partial charge in [0.15, 0.2) is 5.16 Å². The largest absolute Gasteiger partial charge is 0.434 e. The molecule has 114 valence electrons. The number of thioether (sulfide) groups is 1. The van der Waals surface area contributed by atoms with Crippen LogP contribution in [-0.4, -0.2) is 22.8 Å². The number of H-pyrrole nitrogens is 1. The fourth-order valence-electron chi connectivity index (χ4n) is 1.73. The predicted molar refractivity (Wildman–Crippen MR) is 73.4 cm³/mol. The maximum Gasteiger partial charge on any atom is 0.387 e. The fraction of sp³-hybridized carbons (Fsp3) is 0.154. The number of aromatic amines is 1. The van der Waals surface area contributed by atoms with E-state index in [4.69, 9.17) is 5.26 Å². The van der Waals surface area contributed by atoms with Crippen molar-refractivity contribution in [2.24, 2.45) is 0 Å². The molecule has 0 aliphatic carbocycles. The second-order valence-corrected chi connectivity index (χ2v) is 4.72. The lowest BCUT2D eigenvalue weighted by atomic mass is 10.1. The summed E-state index contributed by atoms with van der Waals surface area (Å²) in [5.74, 6) is -1.30. The minimum absolute atomic E-state index is 0.0698. The summed E-state index contributed by atoms with van der Waals surface area (Å²) in [6.45, 7) is -3.19. The van der Waals surface area contributed by atoms with Gasteiger partial charge in [-0.05, 0) is 18.4 Å². The van der Waals surface area contributed by atoms with Gasteiger partial charge in [-0.3, -0.25) is 4.79 Å². The first-order valence-electron chi connectivity index (χ1n) is 5.79. The van der Waals surface area contributed by atoms with Gasteiger partial charge in [0.05, 0.1) is 0 Å². The molecule has 0 aliphatic rings. The van der Waals surface area contributed by atoms with Crippen LogP contribution in [0.2, 0.25) is 0 Å². The zero-order valence-electron chi connectivity index (χ0n) is 11.1. The van der Waals surface area contributed by atoms with Crippen LogP contribution in [0.4, 0.5) is 13.2 Å². The number of aromatic nitrogens is 2. The van der Waals surface area contributed by atoms with Gasteiger partial charge in [0.25, 0.3) is 5.56 Å². The first-order valence-corrected chi connectivity index (χ1v) is 7.02. The molecule has 1 N–H and O–H groups in total. The van der Waals surface area contributed by atoms with Crippen LogP contribution >= 0.6 is 11.8 Å². The highest BCUT2D eigenvalue weighted by Gasteiger charge is 2.19. The Morgan fingerprint density at radius 3 is 2.77 bits per heavy atom. The molecular weight excluding hydrogens is 319 g/mol. The third-order valence-electron chi connectivity index (χ3n) is 2.62. The molecular formula is C13H8F3N3O2S. The molecule has 1 aromatic heterocycles. The molecule has 0 amide bonds. The number of halogens is 3. The normalized spacial score (nSPS) is 10.5.